The summed E-state index contributed by atoms with van der Waals surface area (Å²) in [6.45, 7) is 5.44. The number of alkyl carbamates (subject to hydrolysis) is 1. The standard InChI is InChI=1S/C20H24N4O4S/c1-20(2,3)28-19(25)23-12-13-24-29(26,27)15-6-4-14(5-7-15)16-8-10-21-18-17(16)9-11-22-18/h4-11,24H,12-13H2,1-3H3,(H,21,22)(H,23,25). The molecule has 2 aromatic heterocycles. The van der Waals surface area contributed by atoms with Gasteiger partial charge in [-0.3, -0.25) is 0 Å². The van der Waals surface area contributed by atoms with Crippen molar-refractivity contribution in [2.45, 2.75) is 31.3 Å². The lowest BCUT2D eigenvalue weighted by atomic mass is 10.0. The van der Waals surface area contributed by atoms with Crippen LogP contribution in [0.2, 0.25) is 0 Å². The quantitative estimate of drug-likeness (QED) is 0.535. The van der Waals surface area contributed by atoms with Gasteiger partial charge in [0.2, 0.25) is 10.0 Å². The first-order valence-electron chi connectivity index (χ1n) is 9.15. The van der Waals surface area contributed by atoms with Crippen molar-refractivity contribution in [3.05, 3.63) is 48.8 Å². The van der Waals surface area contributed by atoms with Crippen LogP contribution in [0.5, 0.6) is 0 Å². The highest BCUT2D eigenvalue weighted by Crippen LogP contribution is 2.27. The van der Waals surface area contributed by atoms with E-state index in [1.54, 1.807) is 51.2 Å². The second kappa shape index (κ2) is 8.22. The lowest BCUT2D eigenvalue weighted by Crippen LogP contribution is -2.37. The zero-order valence-corrected chi connectivity index (χ0v) is 17.3. The maximum atomic E-state index is 12.5. The van der Waals surface area contributed by atoms with Gasteiger partial charge in [-0.25, -0.2) is 22.9 Å². The zero-order valence-electron chi connectivity index (χ0n) is 16.5. The molecular weight excluding hydrogens is 392 g/mol. The lowest BCUT2D eigenvalue weighted by Gasteiger charge is -2.19. The molecule has 0 saturated heterocycles. The molecule has 3 N–H and O–H groups in total. The Hall–Kier alpha value is -2.91. The number of hydrogen-bond acceptors (Lipinski definition) is 5. The summed E-state index contributed by atoms with van der Waals surface area (Å²) < 4.78 is 32.5. The fraction of sp³-hybridized carbons (Fsp3) is 0.300. The third-order valence-electron chi connectivity index (χ3n) is 4.02. The fourth-order valence-electron chi connectivity index (χ4n) is 2.77. The number of carbonyl (C=O) groups is 1. The first-order valence-corrected chi connectivity index (χ1v) is 10.6. The van der Waals surface area contributed by atoms with Crippen LogP contribution in [0.3, 0.4) is 0 Å². The maximum absolute atomic E-state index is 12.5. The molecule has 3 rings (SSSR count). The van der Waals surface area contributed by atoms with Gasteiger partial charge in [-0.15, -0.1) is 0 Å². The van der Waals surface area contributed by atoms with Gasteiger partial charge in [0.15, 0.2) is 0 Å². The molecule has 3 aromatic rings. The predicted molar refractivity (Wildman–Crippen MR) is 111 cm³/mol. The van der Waals surface area contributed by atoms with E-state index >= 15 is 0 Å². The van der Waals surface area contributed by atoms with Gasteiger partial charge >= 0.3 is 6.09 Å². The molecule has 1 aromatic carbocycles. The minimum atomic E-state index is -3.68. The molecule has 1 amide bonds. The fourth-order valence-corrected chi connectivity index (χ4v) is 3.81. The molecule has 0 aliphatic carbocycles. The summed E-state index contributed by atoms with van der Waals surface area (Å²) in [5.41, 5.74) is 2.03. The Morgan fingerprint density at radius 3 is 2.52 bits per heavy atom. The number of carbonyl (C=O) groups excluding carboxylic acids is 1. The molecule has 29 heavy (non-hydrogen) atoms. The third-order valence-corrected chi connectivity index (χ3v) is 5.50. The van der Waals surface area contributed by atoms with E-state index in [2.05, 4.69) is 20.0 Å². The van der Waals surface area contributed by atoms with Crippen LogP contribution in [0.4, 0.5) is 4.79 Å². The van der Waals surface area contributed by atoms with Crippen molar-refractivity contribution in [1.82, 2.24) is 20.0 Å². The largest absolute Gasteiger partial charge is 0.444 e. The summed E-state index contributed by atoms with van der Waals surface area (Å²) in [4.78, 5) is 19.0. The molecule has 0 aliphatic rings. The van der Waals surface area contributed by atoms with E-state index in [9.17, 15) is 13.2 Å². The lowest BCUT2D eigenvalue weighted by molar-refractivity contribution is 0.0529. The number of benzene rings is 1. The molecule has 0 atom stereocenters. The number of aromatic amines is 1. The van der Waals surface area contributed by atoms with E-state index in [1.165, 1.54) is 0 Å². The van der Waals surface area contributed by atoms with Crippen LogP contribution in [-0.4, -0.2) is 43.2 Å². The molecular formula is C20H24N4O4S. The first-order chi connectivity index (χ1) is 13.7. The average molecular weight is 417 g/mol. The van der Waals surface area contributed by atoms with Crippen LogP contribution in [0.15, 0.2) is 53.7 Å². The van der Waals surface area contributed by atoms with Gasteiger partial charge in [0.25, 0.3) is 0 Å². The number of pyridine rings is 1. The van der Waals surface area contributed by atoms with Crippen LogP contribution < -0.4 is 10.0 Å². The minimum Gasteiger partial charge on any atom is -0.444 e. The van der Waals surface area contributed by atoms with E-state index in [4.69, 9.17) is 4.74 Å². The molecule has 0 bridgehead atoms. The Labute approximate surface area is 169 Å². The van der Waals surface area contributed by atoms with Crippen molar-refractivity contribution in [1.29, 1.82) is 0 Å². The van der Waals surface area contributed by atoms with Crippen molar-refractivity contribution in [2.24, 2.45) is 0 Å². The van der Waals surface area contributed by atoms with Crippen molar-refractivity contribution in [3.8, 4) is 11.1 Å². The Balaban J connectivity index is 1.62. The van der Waals surface area contributed by atoms with Gasteiger partial charge < -0.3 is 15.0 Å². The third kappa shape index (κ3) is 5.33. The number of fused-ring (bicyclic) bond motifs is 1. The number of nitrogens with one attached hydrogen (secondary N) is 3. The van der Waals surface area contributed by atoms with E-state index in [0.29, 0.717) is 0 Å². The number of rotatable bonds is 6. The average Bonchev–Trinajstić information content (AvgIpc) is 3.13. The Morgan fingerprint density at radius 2 is 1.83 bits per heavy atom. The number of hydrogen-bond donors (Lipinski definition) is 3. The van der Waals surface area contributed by atoms with Gasteiger partial charge in [-0.2, -0.15) is 0 Å². The van der Waals surface area contributed by atoms with Crippen molar-refractivity contribution < 1.29 is 17.9 Å². The predicted octanol–water partition coefficient (Wildman–Crippen LogP) is 3.03. The summed E-state index contributed by atoms with van der Waals surface area (Å²) in [6, 6.07) is 10.4. The molecule has 0 unspecified atom stereocenters. The summed E-state index contributed by atoms with van der Waals surface area (Å²) >= 11 is 0. The summed E-state index contributed by atoms with van der Waals surface area (Å²) in [6.07, 6.45) is 2.93. The minimum absolute atomic E-state index is 0.0532. The molecule has 154 valence electrons. The smallest absolute Gasteiger partial charge is 0.407 e. The molecule has 9 heteroatoms. The van der Waals surface area contributed by atoms with Crippen molar-refractivity contribution >= 4 is 27.1 Å². The van der Waals surface area contributed by atoms with Gasteiger partial charge in [-0.05, 0) is 56.2 Å². The molecule has 0 saturated carbocycles. The monoisotopic (exact) mass is 416 g/mol. The molecule has 0 spiro atoms. The van der Waals surface area contributed by atoms with Crippen LogP contribution in [-0.2, 0) is 14.8 Å². The number of H-pyrrole nitrogens is 1. The number of nitrogens with zero attached hydrogens (tertiary/aromatic N) is 1. The Bertz CT molecular complexity index is 1100. The highest BCUT2D eigenvalue weighted by molar-refractivity contribution is 7.89. The summed E-state index contributed by atoms with van der Waals surface area (Å²) in [5, 5.41) is 3.48. The van der Waals surface area contributed by atoms with Crippen molar-refractivity contribution in [3.63, 3.8) is 0 Å². The highest BCUT2D eigenvalue weighted by atomic mass is 32.2. The molecule has 0 aliphatic heterocycles. The molecule has 8 nitrogen and oxygen atoms in total. The summed E-state index contributed by atoms with van der Waals surface area (Å²) in [5.74, 6) is 0. The van der Waals surface area contributed by atoms with Crippen LogP contribution in [0, 0.1) is 0 Å². The topological polar surface area (TPSA) is 113 Å². The van der Waals surface area contributed by atoms with Crippen LogP contribution >= 0.6 is 0 Å². The van der Waals surface area contributed by atoms with Gasteiger partial charge in [0.05, 0.1) is 4.90 Å². The Morgan fingerprint density at radius 1 is 1.10 bits per heavy atom. The van der Waals surface area contributed by atoms with E-state index in [-0.39, 0.29) is 18.0 Å². The second-order valence-corrected chi connectivity index (χ2v) is 9.22. The molecule has 0 radical (unpaired) electrons. The highest BCUT2D eigenvalue weighted by Gasteiger charge is 2.17. The van der Waals surface area contributed by atoms with Crippen LogP contribution in [0.25, 0.3) is 22.2 Å². The van der Waals surface area contributed by atoms with Gasteiger partial charge in [0, 0.05) is 30.9 Å². The van der Waals surface area contributed by atoms with Crippen molar-refractivity contribution in [2.75, 3.05) is 13.1 Å². The normalized spacial score (nSPS) is 12.1. The van der Waals surface area contributed by atoms with E-state index in [1.807, 2.05) is 18.3 Å². The van der Waals surface area contributed by atoms with Gasteiger partial charge in [0.1, 0.15) is 11.2 Å². The number of amides is 1. The maximum Gasteiger partial charge on any atom is 0.407 e. The van der Waals surface area contributed by atoms with E-state index < -0.39 is 21.7 Å². The number of aromatic nitrogens is 2. The molecule has 2 heterocycles. The van der Waals surface area contributed by atoms with E-state index in [0.717, 1.165) is 22.2 Å². The zero-order chi connectivity index (χ0) is 21.1. The van der Waals surface area contributed by atoms with Gasteiger partial charge in [-0.1, -0.05) is 12.1 Å². The van der Waals surface area contributed by atoms with Crippen LogP contribution in [0.1, 0.15) is 20.8 Å². The number of sulfonamides is 1. The second-order valence-electron chi connectivity index (χ2n) is 7.45. The molecule has 0 fully saturated rings. The first kappa shape index (κ1) is 20.8. The SMILES string of the molecule is CC(C)(C)OC(=O)NCCNS(=O)(=O)c1ccc(-c2ccnc3[nH]ccc23)cc1. The summed E-state index contributed by atoms with van der Waals surface area (Å²) in [7, 11) is -3.68. The Kier molecular flexibility index (Phi) is 5.90. The number of ether oxygens (including phenoxy) is 1.